The molecule has 0 radical (unpaired) electrons. The van der Waals surface area contributed by atoms with Gasteiger partial charge in [0.1, 0.15) is 0 Å². The maximum absolute atomic E-state index is 8.11. The number of aromatic nitrogens is 2. The van der Waals surface area contributed by atoms with Crippen molar-refractivity contribution >= 4 is 0 Å². The van der Waals surface area contributed by atoms with Gasteiger partial charge in [-0.15, -0.1) is 0 Å². The van der Waals surface area contributed by atoms with E-state index >= 15 is 0 Å². The zero-order valence-electron chi connectivity index (χ0n) is 5.64. The molecule has 1 heterocycles. The van der Waals surface area contributed by atoms with Crippen LogP contribution in [0.25, 0.3) is 0 Å². The van der Waals surface area contributed by atoms with Crippen molar-refractivity contribution in [3.63, 3.8) is 0 Å². The van der Waals surface area contributed by atoms with Crippen LogP contribution in [0, 0.1) is 0 Å². The lowest BCUT2D eigenvalue weighted by Crippen LogP contribution is -2.03. The molecule has 0 saturated carbocycles. The molecule has 0 aliphatic heterocycles. The maximum Gasteiger partial charge on any atom is 0.0913 e. The second kappa shape index (κ2) is 6.18. The van der Waals surface area contributed by atoms with Gasteiger partial charge in [-0.2, -0.15) is 0 Å². The Kier molecular flexibility index (Phi) is 5.60. The molecule has 1 aromatic heterocycles. The van der Waals surface area contributed by atoms with Crippen molar-refractivity contribution in [1.29, 1.82) is 0 Å². The molecule has 10 heavy (non-hydrogen) atoms. The highest BCUT2D eigenvalue weighted by atomic mass is 16.6. The minimum atomic E-state index is -0.560. The summed E-state index contributed by atoms with van der Waals surface area (Å²) in [7, 11) is 0. The highest BCUT2D eigenvalue weighted by Crippen LogP contribution is 1.68. The summed E-state index contributed by atoms with van der Waals surface area (Å²) in [5, 5.41) is 22.5. The van der Waals surface area contributed by atoms with Gasteiger partial charge in [0, 0.05) is 0 Å². The van der Waals surface area contributed by atoms with Gasteiger partial charge in [0.15, 0.2) is 0 Å². The SMILES string of the molecule is CC(O)CO.c1cnon1. The number of rotatable bonds is 1. The Morgan fingerprint density at radius 3 is 2.00 bits per heavy atom. The standard InChI is InChI=1S/C3H8O2.C2H2N2O/c1-3(5)2-4;1-2-4-5-3-1/h3-5H,2H2,1H3;1-2H. The summed E-state index contributed by atoms with van der Waals surface area (Å²) in [6.07, 6.45) is 2.38. The average Bonchev–Trinajstić information content (AvgIpc) is 2.43. The third-order valence-corrected chi connectivity index (χ3v) is 0.547. The van der Waals surface area contributed by atoms with E-state index in [4.69, 9.17) is 10.2 Å². The Bertz CT molecular complexity index is 112. The van der Waals surface area contributed by atoms with E-state index in [1.807, 2.05) is 0 Å². The molecule has 0 fully saturated rings. The monoisotopic (exact) mass is 146 g/mol. The molecule has 2 N–H and O–H groups in total. The number of aliphatic hydroxyl groups excluding tert-OH is 2. The molecule has 0 saturated heterocycles. The molecule has 1 aromatic rings. The normalized spacial score (nSPS) is 11.5. The van der Waals surface area contributed by atoms with Gasteiger partial charge < -0.3 is 10.2 Å². The lowest BCUT2D eigenvalue weighted by molar-refractivity contribution is 0.110. The average molecular weight is 146 g/mol. The number of hydrogen-bond donors (Lipinski definition) is 2. The van der Waals surface area contributed by atoms with Gasteiger partial charge >= 0.3 is 0 Å². The quantitative estimate of drug-likeness (QED) is 0.554. The summed E-state index contributed by atoms with van der Waals surface area (Å²) in [5.74, 6) is 0. The maximum atomic E-state index is 8.11. The van der Waals surface area contributed by atoms with Crippen molar-refractivity contribution in [3.05, 3.63) is 12.4 Å². The Morgan fingerprint density at radius 1 is 1.50 bits per heavy atom. The van der Waals surface area contributed by atoms with Crippen LogP contribution in [0.5, 0.6) is 0 Å². The first kappa shape index (κ1) is 9.06. The molecule has 0 amide bonds. The molecular formula is C5H10N2O3. The molecule has 5 heteroatoms. The molecule has 0 aromatic carbocycles. The van der Waals surface area contributed by atoms with Crippen molar-refractivity contribution in [2.75, 3.05) is 6.61 Å². The van der Waals surface area contributed by atoms with Crippen LogP contribution < -0.4 is 0 Å². The van der Waals surface area contributed by atoms with E-state index in [9.17, 15) is 0 Å². The van der Waals surface area contributed by atoms with Gasteiger partial charge in [-0.3, -0.25) is 0 Å². The van der Waals surface area contributed by atoms with Crippen LogP contribution in [0.4, 0.5) is 0 Å². The molecule has 0 bridgehead atoms. The van der Waals surface area contributed by atoms with Crippen LogP contribution in [-0.4, -0.2) is 33.2 Å². The van der Waals surface area contributed by atoms with Crippen molar-refractivity contribution in [2.45, 2.75) is 13.0 Å². The highest BCUT2D eigenvalue weighted by Gasteiger charge is 1.83. The molecular weight excluding hydrogens is 136 g/mol. The molecule has 0 spiro atoms. The molecule has 58 valence electrons. The first-order chi connectivity index (χ1) is 4.77. The Hall–Kier alpha value is -0.940. The second-order valence-corrected chi connectivity index (χ2v) is 1.62. The predicted molar refractivity (Wildman–Crippen MR) is 33.1 cm³/mol. The number of nitrogens with zero attached hydrogens (tertiary/aromatic N) is 2. The summed E-state index contributed by atoms with van der Waals surface area (Å²) in [4.78, 5) is 0. The lowest BCUT2D eigenvalue weighted by Gasteiger charge is -1.90. The van der Waals surface area contributed by atoms with Crippen LogP contribution in [0.2, 0.25) is 0 Å². The highest BCUT2D eigenvalue weighted by molar-refractivity contribution is 4.51. The zero-order valence-corrected chi connectivity index (χ0v) is 5.64. The van der Waals surface area contributed by atoms with Crippen LogP contribution >= 0.6 is 0 Å². The number of aliphatic hydroxyl groups is 2. The van der Waals surface area contributed by atoms with Gasteiger partial charge in [0.2, 0.25) is 0 Å². The summed E-state index contributed by atoms with van der Waals surface area (Å²) < 4.78 is 4.08. The van der Waals surface area contributed by atoms with E-state index in [1.165, 1.54) is 19.3 Å². The van der Waals surface area contributed by atoms with Gasteiger partial charge in [-0.05, 0) is 6.92 Å². The van der Waals surface area contributed by atoms with Crippen LogP contribution in [0.1, 0.15) is 6.92 Å². The predicted octanol–water partition coefficient (Wildman–Crippen LogP) is -0.571. The fourth-order valence-corrected chi connectivity index (χ4v) is 0.136. The molecule has 0 aliphatic rings. The minimum Gasteiger partial charge on any atom is -0.394 e. The fourth-order valence-electron chi connectivity index (χ4n) is 0.136. The zero-order chi connectivity index (χ0) is 7.82. The van der Waals surface area contributed by atoms with Crippen LogP contribution in [0.15, 0.2) is 17.0 Å². The molecule has 0 aliphatic carbocycles. The molecule has 1 unspecified atom stereocenters. The fraction of sp³-hybridized carbons (Fsp3) is 0.600. The van der Waals surface area contributed by atoms with E-state index in [1.54, 1.807) is 0 Å². The summed E-state index contributed by atoms with van der Waals surface area (Å²) >= 11 is 0. The first-order valence-corrected chi connectivity index (χ1v) is 2.77. The molecule has 5 nitrogen and oxygen atoms in total. The van der Waals surface area contributed by atoms with Crippen LogP contribution in [-0.2, 0) is 0 Å². The molecule has 1 rings (SSSR count). The Balaban J connectivity index is 0.000000162. The Labute approximate surface area is 58.3 Å². The van der Waals surface area contributed by atoms with Crippen molar-refractivity contribution in [3.8, 4) is 0 Å². The van der Waals surface area contributed by atoms with Crippen molar-refractivity contribution < 1.29 is 14.8 Å². The van der Waals surface area contributed by atoms with E-state index in [0.717, 1.165) is 0 Å². The Morgan fingerprint density at radius 2 is 1.90 bits per heavy atom. The summed E-state index contributed by atoms with van der Waals surface area (Å²) in [6.45, 7) is 1.39. The third kappa shape index (κ3) is 7.06. The molecule has 1 atom stereocenters. The van der Waals surface area contributed by atoms with Gasteiger partial charge in [-0.25, -0.2) is 4.63 Å². The summed E-state index contributed by atoms with van der Waals surface area (Å²) in [6, 6.07) is 0. The topological polar surface area (TPSA) is 79.4 Å². The van der Waals surface area contributed by atoms with Gasteiger partial charge in [0.05, 0.1) is 25.1 Å². The third-order valence-electron chi connectivity index (χ3n) is 0.547. The van der Waals surface area contributed by atoms with Gasteiger partial charge in [0.25, 0.3) is 0 Å². The first-order valence-electron chi connectivity index (χ1n) is 2.77. The minimum absolute atomic E-state index is 0.139. The van der Waals surface area contributed by atoms with Gasteiger partial charge in [-0.1, -0.05) is 10.3 Å². The van der Waals surface area contributed by atoms with E-state index in [-0.39, 0.29) is 6.61 Å². The number of hydrogen-bond acceptors (Lipinski definition) is 5. The van der Waals surface area contributed by atoms with E-state index in [2.05, 4.69) is 14.9 Å². The second-order valence-electron chi connectivity index (χ2n) is 1.62. The van der Waals surface area contributed by atoms with Crippen molar-refractivity contribution in [2.24, 2.45) is 0 Å². The van der Waals surface area contributed by atoms with Crippen molar-refractivity contribution in [1.82, 2.24) is 10.3 Å². The summed E-state index contributed by atoms with van der Waals surface area (Å²) in [5.41, 5.74) is 0. The lowest BCUT2D eigenvalue weighted by atomic mass is 10.5. The van der Waals surface area contributed by atoms with Crippen LogP contribution in [0.3, 0.4) is 0 Å². The van der Waals surface area contributed by atoms with E-state index < -0.39 is 6.10 Å². The van der Waals surface area contributed by atoms with E-state index in [0.29, 0.717) is 0 Å². The largest absolute Gasteiger partial charge is 0.394 e. The smallest absolute Gasteiger partial charge is 0.0913 e.